The summed E-state index contributed by atoms with van der Waals surface area (Å²) in [6.45, 7) is 6.42. The van der Waals surface area contributed by atoms with E-state index < -0.39 is 12.1 Å². The van der Waals surface area contributed by atoms with Crippen molar-refractivity contribution in [2.24, 2.45) is 0 Å². The van der Waals surface area contributed by atoms with Crippen molar-refractivity contribution < 1.29 is 28.6 Å². The lowest BCUT2D eigenvalue weighted by Gasteiger charge is -2.18. The van der Waals surface area contributed by atoms with E-state index in [1.807, 2.05) is 6.08 Å². The average Bonchev–Trinajstić information content (AvgIpc) is 3.15. The summed E-state index contributed by atoms with van der Waals surface area (Å²) in [5.41, 5.74) is 0. The molecule has 0 bridgehead atoms. The summed E-state index contributed by atoms with van der Waals surface area (Å²) in [7, 11) is 0. The quantitative estimate of drug-likeness (QED) is 0.0269. The molecule has 53 heavy (non-hydrogen) atoms. The van der Waals surface area contributed by atoms with E-state index in [0.717, 1.165) is 57.8 Å². The lowest BCUT2D eigenvalue weighted by atomic mass is 10.0. The van der Waals surface area contributed by atoms with Gasteiger partial charge in [0.15, 0.2) is 6.10 Å². The Kier molecular flexibility index (Phi) is 40.5. The molecule has 1 atom stereocenters. The Labute approximate surface area is 327 Å². The van der Waals surface area contributed by atoms with E-state index >= 15 is 0 Å². The van der Waals surface area contributed by atoms with Crippen LogP contribution < -0.4 is 0 Å². The Bertz CT molecular complexity index is 907. The van der Waals surface area contributed by atoms with Crippen LogP contribution in [0.15, 0.2) is 36.5 Å². The molecular formula is C47H84O6. The van der Waals surface area contributed by atoms with Crippen LogP contribution in [0.5, 0.6) is 0 Å². The molecule has 0 aliphatic heterocycles. The molecule has 6 nitrogen and oxygen atoms in total. The molecule has 0 amide bonds. The number of carbonyl (C=O) groups excluding carboxylic acids is 3. The lowest BCUT2D eigenvalue weighted by molar-refractivity contribution is -0.166. The van der Waals surface area contributed by atoms with Crippen LogP contribution in [0, 0.1) is 0 Å². The highest BCUT2D eigenvalue weighted by Gasteiger charge is 2.19. The van der Waals surface area contributed by atoms with Gasteiger partial charge >= 0.3 is 17.9 Å². The number of esters is 3. The Hall–Kier alpha value is -2.37. The van der Waals surface area contributed by atoms with Crippen molar-refractivity contribution in [1.29, 1.82) is 0 Å². The molecule has 1 unspecified atom stereocenters. The monoisotopic (exact) mass is 745 g/mol. The van der Waals surface area contributed by atoms with E-state index in [1.54, 1.807) is 6.08 Å². The highest BCUT2D eigenvalue weighted by molar-refractivity contribution is 5.72. The Balaban J connectivity index is 4.39. The molecule has 0 N–H and O–H groups in total. The van der Waals surface area contributed by atoms with E-state index in [0.29, 0.717) is 12.8 Å². The number of carbonyl (C=O) groups is 3. The number of unbranched alkanes of at least 4 members (excludes halogenated alkanes) is 24. The number of rotatable bonds is 40. The van der Waals surface area contributed by atoms with Gasteiger partial charge in [0.2, 0.25) is 0 Å². The van der Waals surface area contributed by atoms with Gasteiger partial charge in [-0.15, -0.1) is 0 Å². The fraction of sp³-hybridized carbons (Fsp3) is 0.809. The van der Waals surface area contributed by atoms with Gasteiger partial charge in [-0.05, 0) is 32.1 Å². The van der Waals surface area contributed by atoms with Crippen LogP contribution in [0.25, 0.3) is 0 Å². The summed E-state index contributed by atoms with van der Waals surface area (Å²) < 4.78 is 16.6. The van der Waals surface area contributed by atoms with Gasteiger partial charge in [0, 0.05) is 12.8 Å². The maximum absolute atomic E-state index is 12.7. The van der Waals surface area contributed by atoms with E-state index in [1.165, 1.54) is 128 Å². The molecular weight excluding hydrogens is 661 g/mol. The molecule has 0 rings (SSSR count). The molecule has 0 saturated heterocycles. The number of ether oxygens (including phenoxy) is 3. The largest absolute Gasteiger partial charge is 0.462 e. The van der Waals surface area contributed by atoms with Crippen LogP contribution in [0.3, 0.4) is 0 Å². The lowest BCUT2D eigenvalue weighted by Crippen LogP contribution is -2.30. The smallest absolute Gasteiger partial charge is 0.309 e. The van der Waals surface area contributed by atoms with Crippen LogP contribution in [-0.2, 0) is 28.6 Å². The van der Waals surface area contributed by atoms with Crippen LogP contribution >= 0.6 is 0 Å². The minimum absolute atomic E-state index is 0.0952. The summed E-state index contributed by atoms with van der Waals surface area (Å²) in [5.74, 6) is -1.02. The second-order valence-electron chi connectivity index (χ2n) is 15.0. The third-order valence-corrected chi connectivity index (χ3v) is 9.69. The summed E-state index contributed by atoms with van der Waals surface area (Å²) >= 11 is 0. The molecule has 0 heterocycles. The molecule has 0 aliphatic rings. The molecule has 0 aromatic carbocycles. The zero-order valence-corrected chi connectivity index (χ0v) is 35.0. The van der Waals surface area contributed by atoms with E-state index in [9.17, 15) is 14.4 Å². The topological polar surface area (TPSA) is 78.9 Å². The Morgan fingerprint density at radius 1 is 0.396 bits per heavy atom. The van der Waals surface area contributed by atoms with Crippen molar-refractivity contribution in [3.8, 4) is 0 Å². The van der Waals surface area contributed by atoms with Gasteiger partial charge < -0.3 is 14.2 Å². The first kappa shape index (κ1) is 50.6. The molecule has 6 heteroatoms. The molecule has 0 radical (unpaired) electrons. The molecule has 0 fully saturated rings. The first-order valence-corrected chi connectivity index (χ1v) is 22.5. The standard InChI is InChI=1S/C47H84O6/c1-4-7-10-13-16-19-21-23-25-28-31-34-37-40-46(49)52-43-44(42-51-45(48)39-36-33-30-27-18-15-12-9-6-3)53-47(50)41-38-35-32-29-26-24-22-20-17-14-11-8-5-2/h9,12,18,27,33,36,44H,4-8,10-11,13-17,19-26,28-32,34-35,37-43H2,1-3H3/b12-9-,27-18-,36-33-. The predicted molar refractivity (Wildman–Crippen MR) is 224 cm³/mol. The minimum atomic E-state index is -0.799. The molecule has 0 aliphatic carbocycles. The fourth-order valence-corrected chi connectivity index (χ4v) is 6.33. The van der Waals surface area contributed by atoms with Crippen molar-refractivity contribution in [2.75, 3.05) is 13.2 Å². The number of hydrogen-bond donors (Lipinski definition) is 0. The SMILES string of the molecule is CC/C=C\C/C=C\C/C=C\CC(=O)OCC(COC(=O)CCCCCCCCCCCCCCC)OC(=O)CCCCCCCCCCCCCCC. The van der Waals surface area contributed by atoms with Gasteiger partial charge in [0.25, 0.3) is 0 Å². The van der Waals surface area contributed by atoms with Crippen LogP contribution in [0.1, 0.15) is 226 Å². The number of hydrogen-bond acceptors (Lipinski definition) is 6. The second kappa shape index (κ2) is 42.4. The summed E-state index contributed by atoms with van der Waals surface area (Å²) in [5, 5.41) is 0. The molecule has 0 saturated carbocycles. The zero-order valence-electron chi connectivity index (χ0n) is 35.0. The van der Waals surface area contributed by atoms with Crippen molar-refractivity contribution in [2.45, 2.75) is 232 Å². The van der Waals surface area contributed by atoms with Gasteiger partial charge in [-0.1, -0.05) is 211 Å². The van der Waals surface area contributed by atoms with Crippen LogP contribution in [-0.4, -0.2) is 37.2 Å². The molecule has 0 spiro atoms. The first-order chi connectivity index (χ1) is 26.0. The first-order valence-electron chi connectivity index (χ1n) is 22.5. The third kappa shape index (κ3) is 40.6. The van der Waals surface area contributed by atoms with Crippen LogP contribution in [0.2, 0.25) is 0 Å². The predicted octanol–water partition coefficient (Wildman–Crippen LogP) is 14.2. The summed E-state index contributed by atoms with van der Waals surface area (Å²) in [4.78, 5) is 37.6. The van der Waals surface area contributed by atoms with Gasteiger partial charge in [-0.25, -0.2) is 0 Å². The van der Waals surface area contributed by atoms with Crippen LogP contribution in [0.4, 0.5) is 0 Å². The van der Waals surface area contributed by atoms with Gasteiger partial charge in [0.05, 0.1) is 6.42 Å². The summed E-state index contributed by atoms with van der Waals surface area (Å²) in [6.07, 6.45) is 47.3. The molecule has 0 aromatic rings. The fourth-order valence-electron chi connectivity index (χ4n) is 6.33. The Morgan fingerprint density at radius 3 is 1.15 bits per heavy atom. The minimum Gasteiger partial charge on any atom is -0.462 e. The Morgan fingerprint density at radius 2 is 0.736 bits per heavy atom. The molecule has 308 valence electrons. The summed E-state index contributed by atoms with van der Waals surface area (Å²) in [6, 6.07) is 0. The highest BCUT2D eigenvalue weighted by Crippen LogP contribution is 2.15. The average molecular weight is 745 g/mol. The normalized spacial score (nSPS) is 12.3. The van der Waals surface area contributed by atoms with E-state index in [-0.39, 0.29) is 31.6 Å². The number of allylic oxidation sites excluding steroid dienone is 5. The van der Waals surface area contributed by atoms with Crippen molar-refractivity contribution in [3.63, 3.8) is 0 Å². The van der Waals surface area contributed by atoms with Gasteiger partial charge in [0.1, 0.15) is 13.2 Å². The van der Waals surface area contributed by atoms with Gasteiger partial charge in [-0.2, -0.15) is 0 Å². The van der Waals surface area contributed by atoms with Crippen molar-refractivity contribution in [1.82, 2.24) is 0 Å². The zero-order chi connectivity index (χ0) is 38.7. The highest BCUT2D eigenvalue weighted by atomic mass is 16.6. The van der Waals surface area contributed by atoms with E-state index in [4.69, 9.17) is 14.2 Å². The van der Waals surface area contributed by atoms with Gasteiger partial charge in [-0.3, -0.25) is 14.4 Å². The third-order valence-electron chi connectivity index (χ3n) is 9.69. The second-order valence-corrected chi connectivity index (χ2v) is 15.0. The van der Waals surface area contributed by atoms with Crippen molar-refractivity contribution >= 4 is 17.9 Å². The maximum Gasteiger partial charge on any atom is 0.309 e. The molecule has 0 aromatic heterocycles. The van der Waals surface area contributed by atoms with Crippen molar-refractivity contribution in [3.05, 3.63) is 36.5 Å². The maximum atomic E-state index is 12.7. The van der Waals surface area contributed by atoms with E-state index in [2.05, 4.69) is 45.1 Å².